The summed E-state index contributed by atoms with van der Waals surface area (Å²) in [6.45, 7) is 47.0. The average Bonchev–Trinajstić information content (AvgIpc) is 2.72. The van der Waals surface area contributed by atoms with Crippen LogP contribution < -0.4 is 0 Å². The molecule has 0 bridgehead atoms. The van der Waals surface area contributed by atoms with Crippen LogP contribution in [0.15, 0.2) is 0 Å². The zero-order valence-electron chi connectivity index (χ0n) is 30.2. The van der Waals surface area contributed by atoms with Crippen molar-refractivity contribution in [3.63, 3.8) is 0 Å². The highest BCUT2D eigenvalue weighted by Crippen LogP contribution is 2.63. The molecule has 2 fully saturated rings. The molecule has 0 N–H and O–H groups in total. The third kappa shape index (κ3) is 9.38. The summed E-state index contributed by atoms with van der Waals surface area (Å²) in [4.78, 5) is 0. The molecule has 0 radical (unpaired) electrons. The lowest BCUT2D eigenvalue weighted by Gasteiger charge is -2.60. The second kappa shape index (κ2) is 13.6. The molecule has 0 spiro atoms. The maximum Gasteiger partial charge on any atom is 0.161 e. The number of hydrogen-bond acceptors (Lipinski definition) is 3. The van der Waals surface area contributed by atoms with Crippen molar-refractivity contribution < 1.29 is 14.2 Å². The van der Waals surface area contributed by atoms with Gasteiger partial charge in [0.2, 0.25) is 0 Å². The van der Waals surface area contributed by atoms with Crippen LogP contribution in [0.2, 0.25) is 151 Å². The Bertz CT molecular complexity index is 796. The fourth-order valence-corrected chi connectivity index (χ4v) is 38.4. The van der Waals surface area contributed by atoms with Crippen LogP contribution in [0.25, 0.3) is 0 Å². The highest BCUT2D eigenvalue weighted by Gasteiger charge is 2.61. The Labute approximate surface area is 289 Å². The summed E-state index contributed by atoms with van der Waals surface area (Å²) >= 11 is 5.23. The molecule has 10 atom stereocenters. The van der Waals surface area contributed by atoms with Gasteiger partial charge in [0.15, 0.2) is 12.6 Å². The average molecular weight is 899 g/mol. The molecular weight excluding hydrogens is 831 g/mol. The van der Waals surface area contributed by atoms with Gasteiger partial charge in [-0.2, -0.15) is 0 Å². The highest BCUT2D eigenvalue weighted by atomic mass is 127. The molecule has 2 aliphatic heterocycles. The minimum Gasteiger partial charge on any atom is -0.349 e. The van der Waals surface area contributed by atoms with E-state index < -0.39 is 48.4 Å². The van der Waals surface area contributed by atoms with E-state index in [-0.39, 0.29) is 24.8 Å². The second-order valence-electron chi connectivity index (χ2n) is 19.9. The molecule has 41 heavy (non-hydrogen) atoms. The summed E-state index contributed by atoms with van der Waals surface area (Å²) in [7, 11) is -9.35. The van der Waals surface area contributed by atoms with E-state index in [1.807, 2.05) is 0 Å². The molecule has 0 amide bonds. The van der Waals surface area contributed by atoms with Gasteiger partial charge in [-0.25, -0.2) is 0 Å². The molecule has 244 valence electrons. The zero-order chi connectivity index (χ0) is 32.3. The van der Waals surface area contributed by atoms with E-state index in [0.717, 1.165) is 19.9 Å². The molecule has 0 saturated carbocycles. The maximum atomic E-state index is 7.54. The number of ether oxygens (including phenoxy) is 3. The molecule has 0 aromatic heterocycles. The van der Waals surface area contributed by atoms with E-state index in [4.69, 9.17) is 14.2 Å². The first-order valence-electron chi connectivity index (χ1n) is 16.2. The first-order chi connectivity index (χ1) is 18.1. The van der Waals surface area contributed by atoms with E-state index in [1.54, 1.807) is 0 Å². The van der Waals surface area contributed by atoms with Gasteiger partial charge in [-0.3, -0.25) is 0 Å². The molecular formula is C30H68I2O3Si6. The van der Waals surface area contributed by atoms with Gasteiger partial charge in [0.05, 0.1) is 44.5 Å². The Morgan fingerprint density at radius 3 is 0.780 bits per heavy atom. The lowest BCUT2D eigenvalue weighted by Crippen LogP contribution is -2.63. The third-order valence-electron chi connectivity index (χ3n) is 10.1. The summed E-state index contributed by atoms with van der Waals surface area (Å²) in [5.74, 6) is 0. The topological polar surface area (TPSA) is 27.7 Å². The van der Waals surface area contributed by atoms with Gasteiger partial charge in [0.1, 0.15) is 0 Å². The highest BCUT2D eigenvalue weighted by molar-refractivity contribution is 14.1. The van der Waals surface area contributed by atoms with Crippen molar-refractivity contribution >= 4 is 93.6 Å². The summed E-state index contributed by atoms with van der Waals surface area (Å²) in [5, 5.41) is 0. The Morgan fingerprint density at radius 1 is 0.390 bits per heavy atom. The number of halogens is 2. The first-order valence-corrected chi connectivity index (χ1v) is 40.7. The molecule has 2 saturated heterocycles. The van der Waals surface area contributed by atoms with Crippen molar-refractivity contribution in [3.8, 4) is 0 Å². The number of rotatable bonds is 10. The van der Waals surface area contributed by atoms with Crippen LogP contribution >= 0.6 is 45.2 Å². The largest absolute Gasteiger partial charge is 0.349 e. The van der Waals surface area contributed by atoms with Gasteiger partial charge >= 0.3 is 0 Å². The van der Waals surface area contributed by atoms with Crippen molar-refractivity contribution in [2.24, 2.45) is 0 Å². The molecule has 2 rings (SSSR count). The van der Waals surface area contributed by atoms with Crippen LogP contribution in [0.5, 0.6) is 0 Å². The quantitative estimate of drug-likeness (QED) is 0.124. The van der Waals surface area contributed by atoms with E-state index in [0.29, 0.717) is 22.2 Å². The lowest BCUT2D eigenvalue weighted by molar-refractivity contribution is -0.286. The standard InChI is InChI=1S/C30H68I2O3Si6/c1-36(2,3)23-21(19-31)33-29(27(40(13,14)15)25(23)38(7,8)9)35-30-28(41(16,17)18)26(39(10,11)12)24(37(4,5)6)22(20-32)34-30/h21-30H,19-20H2,1-18H3/t21-,22+,23-,24+,25+,26-,27-,28+,29-,30+. The molecule has 0 unspecified atom stereocenters. The van der Waals surface area contributed by atoms with Crippen molar-refractivity contribution in [3.05, 3.63) is 0 Å². The van der Waals surface area contributed by atoms with E-state index in [1.165, 1.54) is 0 Å². The van der Waals surface area contributed by atoms with Crippen LogP contribution in [0.4, 0.5) is 0 Å². The van der Waals surface area contributed by atoms with Crippen molar-refractivity contribution in [1.82, 2.24) is 0 Å². The fourth-order valence-electron chi connectivity index (χ4n) is 8.80. The van der Waals surface area contributed by atoms with Gasteiger partial charge in [-0.05, 0) is 22.2 Å². The number of alkyl halides is 2. The van der Waals surface area contributed by atoms with Crippen LogP contribution in [-0.4, -0.2) is 82.1 Å². The maximum absolute atomic E-state index is 7.54. The predicted molar refractivity (Wildman–Crippen MR) is 219 cm³/mol. The van der Waals surface area contributed by atoms with Crippen LogP contribution in [0.1, 0.15) is 0 Å². The summed E-state index contributed by atoms with van der Waals surface area (Å²) < 4.78 is 24.3. The van der Waals surface area contributed by atoms with E-state index >= 15 is 0 Å². The van der Waals surface area contributed by atoms with Crippen LogP contribution in [0.3, 0.4) is 0 Å². The normalized spacial score (nSPS) is 36.9. The molecule has 0 aromatic rings. The Kier molecular flexibility index (Phi) is 13.2. The summed E-state index contributed by atoms with van der Waals surface area (Å²) in [6.07, 6.45) is 0.284. The molecule has 11 heteroatoms. The van der Waals surface area contributed by atoms with E-state index in [2.05, 4.69) is 163 Å². The monoisotopic (exact) mass is 898 g/mol. The minimum atomic E-state index is -1.66. The SMILES string of the molecule is C[Si](C)(C)[C@@H]1[C@@H]([Si](C)(C)C)[C@@H](O[C@@H]2O[C@@H](CI)[C@H]([Si](C)(C)C)[C@@H]([Si](C)(C)C)[C@@H]2[Si](C)(C)C)O[C@H](CI)[C@H]1[Si](C)(C)C. The fraction of sp³-hybridized carbons (Fsp3) is 1.00. The Balaban J connectivity index is 2.76. The molecule has 3 nitrogen and oxygen atoms in total. The molecule has 0 aliphatic carbocycles. The lowest BCUT2D eigenvalue weighted by atomic mass is 10.1. The first kappa shape index (κ1) is 39.8. The smallest absolute Gasteiger partial charge is 0.161 e. The molecule has 2 aliphatic rings. The van der Waals surface area contributed by atoms with Gasteiger partial charge in [-0.1, -0.05) is 163 Å². The van der Waals surface area contributed by atoms with Crippen molar-refractivity contribution in [2.45, 2.75) is 176 Å². The minimum absolute atomic E-state index is 0.143. The Hall–Kier alpha value is 2.64. The molecule has 2 heterocycles. The Morgan fingerprint density at radius 2 is 0.610 bits per heavy atom. The van der Waals surface area contributed by atoms with Crippen molar-refractivity contribution in [2.75, 3.05) is 8.86 Å². The van der Waals surface area contributed by atoms with Crippen LogP contribution in [0, 0.1) is 0 Å². The van der Waals surface area contributed by atoms with Crippen molar-refractivity contribution in [1.29, 1.82) is 0 Å². The van der Waals surface area contributed by atoms with E-state index in [9.17, 15) is 0 Å². The zero-order valence-corrected chi connectivity index (χ0v) is 40.5. The van der Waals surface area contributed by atoms with Gasteiger partial charge in [-0.15, -0.1) is 0 Å². The summed E-state index contributed by atoms with van der Waals surface area (Å²) in [5.41, 5.74) is 3.86. The van der Waals surface area contributed by atoms with Crippen LogP contribution in [-0.2, 0) is 14.2 Å². The molecule has 0 aromatic carbocycles. The third-order valence-corrected chi connectivity index (χ3v) is 29.4. The second-order valence-corrected chi connectivity index (χ2v) is 54.0. The predicted octanol–water partition coefficient (Wildman–Crippen LogP) is 11.6. The van der Waals surface area contributed by atoms with Gasteiger partial charge in [0, 0.05) is 36.1 Å². The number of hydrogen-bond donors (Lipinski definition) is 0. The van der Waals surface area contributed by atoms with Gasteiger partial charge < -0.3 is 14.2 Å². The van der Waals surface area contributed by atoms with Gasteiger partial charge in [0.25, 0.3) is 0 Å². The summed E-state index contributed by atoms with van der Waals surface area (Å²) in [6, 6.07) is 0.